The van der Waals surface area contributed by atoms with Crippen LogP contribution in [0.5, 0.6) is 0 Å². The SMILES string of the molecule is O=C(NCCn1ccc(-c2ccsc2)n1)c1ccc(N2CCOCC2)cc1. The molecule has 0 spiro atoms. The number of carbonyl (C=O) groups excluding carboxylic acids is 1. The molecule has 7 heteroatoms. The first-order valence-electron chi connectivity index (χ1n) is 9.06. The summed E-state index contributed by atoms with van der Waals surface area (Å²) in [4.78, 5) is 14.6. The van der Waals surface area contributed by atoms with Crippen molar-refractivity contribution in [3.63, 3.8) is 0 Å². The number of morpholine rings is 1. The van der Waals surface area contributed by atoms with Crippen molar-refractivity contribution in [2.24, 2.45) is 0 Å². The number of nitrogens with zero attached hydrogens (tertiary/aromatic N) is 3. The zero-order valence-electron chi connectivity index (χ0n) is 15.0. The van der Waals surface area contributed by atoms with Crippen molar-refractivity contribution in [3.05, 3.63) is 58.9 Å². The maximum absolute atomic E-state index is 12.3. The van der Waals surface area contributed by atoms with Gasteiger partial charge in [0.1, 0.15) is 0 Å². The van der Waals surface area contributed by atoms with Crippen LogP contribution in [0.4, 0.5) is 5.69 Å². The molecule has 3 aromatic rings. The average molecular weight is 382 g/mol. The van der Waals surface area contributed by atoms with Crippen molar-refractivity contribution in [2.75, 3.05) is 37.7 Å². The summed E-state index contributed by atoms with van der Waals surface area (Å²) in [6, 6.07) is 11.8. The fourth-order valence-corrected chi connectivity index (χ4v) is 3.73. The lowest BCUT2D eigenvalue weighted by molar-refractivity contribution is 0.0952. The first-order chi connectivity index (χ1) is 13.3. The number of hydrogen-bond acceptors (Lipinski definition) is 5. The van der Waals surface area contributed by atoms with Crippen molar-refractivity contribution in [2.45, 2.75) is 6.54 Å². The standard InChI is InChI=1S/C20H22N4O2S/c25-20(16-1-3-18(4-2-16)23-10-12-26-13-11-23)21-7-9-24-8-5-19(22-24)17-6-14-27-15-17/h1-6,8,14-15H,7,9-13H2,(H,21,25). The number of rotatable bonds is 6. The highest BCUT2D eigenvalue weighted by atomic mass is 32.1. The average Bonchev–Trinajstić information content (AvgIpc) is 3.40. The molecular formula is C20H22N4O2S. The van der Waals surface area contributed by atoms with Crippen LogP contribution in [0.25, 0.3) is 11.3 Å². The molecule has 4 rings (SSSR count). The first kappa shape index (κ1) is 17.8. The molecule has 3 heterocycles. The third kappa shape index (κ3) is 4.37. The largest absolute Gasteiger partial charge is 0.378 e. The van der Waals surface area contributed by atoms with Gasteiger partial charge in [-0.1, -0.05) is 0 Å². The smallest absolute Gasteiger partial charge is 0.251 e. The van der Waals surface area contributed by atoms with Crippen molar-refractivity contribution in [1.29, 1.82) is 0 Å². The van der Waals surface area contributed by atoms with E-state index in [-0.39, 0.29) is 5.91 Å². The van der Waals surface area contributed by atoms with E-state index in [2.05, 4.69) is 26.8 Å². The quantitative estimate of drug-likeness (QED) is 0.712. The summed E-state index contributed by atoms with van der Waals surface area (Å²) in [5, 5.41) is 11.6. The van der Waals surface area contributed by atoms with Crippen LogP contribution in [-0.2, 0) is 11.3 Å². The van der Waals surface area contributed by atoms with E-state index in [1.165, 1.54) is 0 Å². The molecule has 1 fully saturated rings. The molecule has 1 aromatic carbocycles. The van der Waals surface area contributed by atoms with Gasteiger partial charge >= 0.3 is 0 Å². The van der Waals surface area contributed by atoms with Gasteiger partial charge in [-0.05, 0) is 41.8 Å². The van der Waals surface area contributed by atoms with Crippen molar-refractivity contribution in [3.8, 4) is 11.3 Å². The van der Waals surface area contributed by atoms with Gasteiger partial charge in [-0.15, -0.1) is 0 Å². The van der Waals surface area contributed by atoms with E-state index in [0.29, 0.717) is 18.7 Å². The Morgan fingerprint density at radius 2 is 1.96 bits per heavy atom. The molecule has 1 amide bonds. The highest BCUT2D eigenvalue weighted by Crippen LogP contribution is 2.19. The molecular weight excluding hydrogens is 360 g/mol. The predicted molar refractivity (Wildman–Crippen MR) is 107 cm³/mol. The van der Waals surface area contributed by atoms with Crippen LogP contribution in [0.1, 0.15) is 10.4 Å². The molecule has 1 aliphatic rings. The number of anilines is 1. The Balaban J connectivity index is 1.28. The maximum atomic E-state index is 12.3. The first-order valence-corrected chi connectivity index (χ1v) is 10.0. The minimum atomic E-state index is -0.0614. The highest BCUT2D eigenvalue weighted by molar-refractivity contribution is 7.08. The molecule has 1 saturated heterocycles. The van der Waals surface area contributed by atoms with Crippen LogP contribution in [0.15, 0.2) is 53.4 Å². The number of amides is 1. The lowest BCUT2D eigenvalue weighted by Gasteiger charge is -2.28. The third-order valence-corrected chi connectivity index (χ3v) is 5.27. The monoisotopic (exact) mass is 382 g/mol. The molecule has 27 heavy (non-hydrogen) atoms. The highest BCUT2D eigenvalue weighted by Gasteiger charge is 2.12. The minimum absolute atomic E-state index is 0.0614. The molecule has 0 radical (unpaired) electrons. The molecule has 0 aliphatic carbocycles. The molecule has 1 aliphatic heterocycles. The normalized spacial score (nSPS) is 14.3. The Labute approximate surface area is 162 Å². The fraction of sp³-hybridized carbons (Fsp3) is 0.300. The zero-order chi connectivity index (χ0) is 18.5. The Morgan fingerprint density at radius 3 is 2.70 bits per heavy atom. The lowest BCUT2D eigenvalue weighted by Crippen LogP contribution is -2.36. The van der Waals surface area contributed by atoms with Gasteiger partial charge < -0.3 is 15.0 Å². The van der Waals surface area contributed by atoms with Crippen molar-refractivity contribution < 1.29 is 9.53 Å². The summed E-state index contributed by atoms with van der Waals surface area (Å²) in [6.07, 6.45) is 1.94. The maximum Gasteiger partial charge on any atom is 0.251 e. The molecule has 0 atom stereocenters. The van der Waals surface area contributed by atoms with E-state index in [1.807, 2.05) is 46.6 Å². The number of thiophene rings is 1. The van der Waals surface area contributed by atoms with Gasteiger partial charge in [0.15, 0.2) is 0 Å². The van der Waals surface area contributed by atoms with Crippen LogP contribution in [0.3, 0.4) is 0 Å². The molecule has 1 N–H and O–H groups in total. The predicted octanol–water partition coefficient (Wildman–Crippen LogP) is 2.88. The van der Waals surface area contributed by atoms with Gasteiger partial charge in [-0.25, -0.2) is 0 Å². The number of ether oxygens (including phenoxy) is 1. The summed E-state index contributed by atoms with van der Waals surface area (Å²) >= 11 is 1.66. The lowest BCUT2D eigenvalue weighted by atomic mass is 10.1. The van der Waals surface area contributed by atoms with E-state index < -0.39 is 0 Å². The number of hydrogen-bond donors (Lipinski definition) is 1. The van der Waals surface area contributed by atoms with Gasteiger partial charge in [-0.3, -0.25) is 9.48 Å². The molecule has 2 aromatic heterocycles. The van der Waals surface area contributed by atoms with Crippen LogP contribution in [0.2, 0.25) is 0 Å². The molecule has 140 valence electrons. The van der Waals surface area contributed by atoms with Gasteiger partial charge in [-0.2, -0.15) is 16.4 Å². The van der Waals surface area contributed by atoms with E-state index in [9.17, 15) is 4.79 Å². The molecule has 0 saturated carbocycles. The summed E-state index contributed by atoms with van der Waals surface area (Å²) in [5.41, 5.74) is 3.89. The van der Waals surface area contributed by atoms with E-state index in [0.717, 1.165) is 43.2 Å². The second-order valence-corrected chi connectivity index (χ2v) is 7.16. The number of benzene rings is 1. The van der Waals surface area contributed by atoms with Gasteiger partial charge in [0.25, 0.3) is 5.91 Å². The van der Waals surface area contributed by atoms with E-state index in [4.69, 9.17) is 4.74 Å². The minimum Gasteiger partial charge on any atom is -0.378 e. The van der Waals surface area contributed by atoms with Crippen molar-refractivity contribution >= 4 is 22.9 Å². The van der Waals surface area contributed by atoms with Gasteiger partial charge in [0, 0.05) is 48.0 Å². The molecule has 0 unspecified atom stereocenters. The Kier molecular flexibility index (Phi) is 5.50. The summed E-state index contributed by atoms with van der Waals surface area (Å²) in [7, 11) is 0. The summed E-state index contributed by atoms with van der Waals surface area (Å²) in [5.74, 6) is -0.0614. The molecule has 0 bridgehead atoms. The number of carbonyl (C=O) groups is 1. The Hall–Kier alpha value is -2.64. The van der Waals surface area contributed by atoms with Crippen LogP contribution < -0.4 is 10.2 Å². The van der Waals surface area contributed by atoms with Gasteiger partial charge in [0.05, 0.1) is 25.5 Å². The number of aromatic nitrogens is 2. The Bertz CT molecular complexity index is 868. The summed E-state index contributed by atoms with van der Waals surface area (Å²) < 4.78 is 7.23. The summed E-state index contributed by atoms with van der Waals surface area (Å²) in [6.45, 7) is 4.47. The van der Waals surface area contributed by atoms with E-state index in [1.54, 1.807) is 11.3 Å². The topological polar surface area (TPSA) is 59.4 Å². The molecule has 6 nitrogen and oxygen atoms in total. The third-order valence-electron chi connectivity index (χ3n) is 4.59. The Morgan fingerprint density at radius 1 is 1.15 bits per heavy atom. The number of nitrogens with one attached hydrogen (secondary N) is 1. The second kappa shape index (κ2) is 8.37. The van der Waals surface area contributed by atoms with Crippen LogP contribution in [-0.4, -0.2) is 48.5 Å². The van der Waals surface area contributed by atoms with E-state index >= 15 is 0 Å². The van der Waals surface area contributed by atoms with Crippen LogP contribution in [0, 0.1) is 0 Å². The fourth-order valence-electron chi connectivity index (χ4n) is 3.08. The second-order valence-electron chi connectivity index (χ2n) is 6.38. The zero-order valence-corrected chi connectivity index (χ0v) is 15.8. The van der Waals surface area contributed by atoms with Gasteiger partial charge in [0.2, 0.25) is 0 Å². The van der Waals surface area contributed by atoms with Crippen molar-refractivity contribution in [1.82, 2.24) is 15.1 Å². The van der Waals surface area contributed by atoms with Crippen LogP contribution >= 0.6 is 11.3 Å².